The van der Waals surface area contributed by atoms with Crippen molar-refractivity contribution in [3.8, 4) is 0 Å². The Kier molecular flexibility index (Phi) is 5.82. The number of H-pyrrole nitrogens is 1. The first kappa shape index (κ1) is 20.5. The van der Waals surface area contributed by atoms with Gasteiger partial charge in [-0.15, -0.1) is 0 Å². The van der Waals surface area contributed by atoms with E-state index in [1.807, 2.05) is 48.7 Å². The summed E-state index contributed by atoms with van der Waals surface area (Å²) in [6.45, 7) is 5.25. The van der Waals surface area contributed by atoms with Crippen LogP contribution in [0.3, 0.4) is 0 Å². The van der Waals surface area contributed by atoms with Gasteiger partial charge >= 0.3 is 0 Å². The number of rotatable bonds is 6. The van der Waals surface area contributed by atoms with Crippen molar-refractivity contribution >= 4 is 40.0 Å². The Labute approximate surface area is 181 Å². The minimum atomic E-state index is -0.324. The number of carbonyl (C=O) groups excluding carboxylic acids is 2. The van der Waals surface area contributed by atoms with Crippen LogP contribution in [0.2, 0.25) is 5.02 Å². The Bertz CT molecular complexity index is 1090. The Morgan fingerprint density at radius 1 is 1.27 bits per heavy atom. The number of carbonyl (C=O) groups is 2. The van der Waals surface area contributed by atoms with Crippen molar-refractivity contribution in [3.63, 3.8) is 0 Å². The number of nitrogens with one attached hydrogen (secondary N) is 2. The largest absolute Gasteiger partial charge is 0.361 e. The van der Waals surface area contributed by atoms with E-state index in [1.54, 1.807) is 4.90 Å². The molecule has 1 atom stereocenters. The van der Waals surface area contributed by atoms with Gasteiger partial charge in [-0.1, -0.05) is 43.6 Å². The summed E-state index contributed by atoms with van der Waals surface area (Å²) in [6, 6.07) is 13.6. The number of fused-ring (bicyclic) bond motifs is 1. The molecule has 0 radical (unpaired) electrons. The lowest BCUT2D eigenvalue weighted by atomic mass is 10.0. The number of hydrogen-bond donors (Lipinski definition) is 2. The van der Waals surface area contributed by atoms with Crippen LogP contribution >= 0.6 is 11.6 Å². The normalized spacial score (nSPS) is 16.6. The number of likely N-dealkylation sites (tertiary alicyclic amines) is 1. The molecular weight excluding hydrogens is 398 g/mol. The molecule has 3 aromatic rings. The van der Waals surface area contributed by atoms with Crippen molar-refractivity contribution in [3.05, 3.63) is 64.8 Å². The second-order valence-corrected chi connectivity index (χ2v) is 8.66. The van der Waals surface area contributed by atoms with Crippen LogP contribution in [0, 0.1) is 5.92 Å². The first-order valence-electron chi connectivity index (χ1n) is 10.4. The van der Waals surface area contributed by atoms with Crippen LogP contribution in [0.5, 0.6) is 0 Å². The summed E-state index contributed by atoms with van der Waals surface area (Å²) in [5.41, 5.74) is 4.09. The van der Waals surface area contributed by atoms with Gasteiger partial charge in [0.25, 0.3) is 0 Å². The van der Waals surface area contributed by atoms with Crippen LogP contribution in [0.25, 0.3) is 10.9 Å². The molecule has 1 aliphatic rings. The molecule has 4 rings (SSSR count). The highest BCUT2D eigenvalue weighted by Crippen LogP contribution is 2.27. The zero-order valence-corrected chi connectivity index (χ0v) is 18.0. The number of amides is 2. The maximum atomic E-state index is 12.8. The zero-order chi connectivity index (χ0) is 21.3. The Hall–Kier alpha value is -2.79. The Morgan fingerprint density at radius 3 is 2.87 bits per heavy atom. The molecule has 0 saturated carbocycles. The number of anilines is 1. The van der Waals surface area contributed by atoms with E-state index < -0.39 is 0 Å². The fourth-order valence-corrected chi connectivity index (χ4v) is 4.30. The van der Waals surface area contributed by atoms with Crippen molar-refractivity contribution in [2.24, 2.45) is 5.92 Å². The molecule has 0 aliphatic carbocycles. The third-order valence-electron chi connectivity index (χ3n) is 5.81. The molecular formula is C24H26ClN3O2. The third-order valence-corrected chi connectivity index (χ3v) is 6.04. The lowest BCUT2D eigenvalue weighted by Gasteiger charge is -2.18. The van der Waals surface area contributed by atoms with E-state index >= 15 is 0 Å². The molecule has 1 aromatic heterocycles. The van der Waals surface area contributed by atoms with Crippen LogP contribution in [0.1, 0.15) is 37.3 Å². The summed E-state index contributed by atoms with van der Waals surface area (Å²) in [5, 5.41) is 4.81. The second-order valence-electron chi connectivity index (χ2n) is 8.23. The highest BCUT2D eigenvalue weighted by molar-refractivity contribution is 6.31. The predicted octanol–water partition coefficient (Wildman–Crippen LogP) is 4.97. The van der Waals surface area contributed by atoms with Gasteiger partial charge in [0, 0.05) is 47.3 Å². The number of halogens is 1. The van der Waals surface area contributed by atoms with Gasteiger partial charge in [0.05, 0.1) is 5.92 Å². The van der Waals surface area contributed by atoms with E-state index in [0.717, 1.165) is 34.1 Å². The van der Waals surface area contributed by atoms with Crippen molar-refractivity contribution < 1.29 is 9.59 Å². The second kappa shape index (κ2) is 8.52. The van der Waals surface area contributed by atoms with Crippen LogP contribution < -0.4 is 5.32 Å². The molecule has 5 nitrogen and oxygen atoms in total. The lowest BCUT2D eigenvalue weighted by molar-refractivity contribution is -0.128. The van der Waals surface area contributed by atoms with E-state index in [-0.39, 0.29) is 24.2 Å². The molecule has 1 aliphatic heterocycles. The van der Waals surface area contributed by atoms with Gasteiger partial charge in [0.15, 0.2) is 0 Å². The van der Waals surface area contributed by atoms with Gasteiger partial charge in [0.1, 0.15) is 0 Å². The van der Waals surface area contributed by atoms with Crippen LogP contribution in [-0.4, -0.2) is 34.8 Å². The average molecular weight is 424 g/mol. The van der Waals surface area contributed by atoms with E-state index in [2.05, 4.69) is 24.1 Å². The van der Waals surface area contributed by atoms with Crippen LogP contribution in [-0.2, 0) is 16.0 Å². The number of para-hydroxylation sites is 1. The first-order valence-corrected chi connectivity index (χ1v) is 10.7. The molecule has 0 bridgehead atoms. The smallest absolute Gasteiger partial charge is 0.229 e. The van der Waals surface area contributed by atoms with Gasteiger partial charge in [-0.05, 0) is 47.7 Å². The fourth-order valence-electron chi connectivity index (χ4n) is 4.13. The maximum absolute atomic E-state index is 12.8. The van der Waals surface area contributed by atoms with Gasteiger partial charge in [0.2, 0.25) is 11.8 Å². The summed E-state index contributed by atoms with van der Waals surface area (Å²) in [7, 11) is 0. The molecule has 156 valence electrons. The summed E-state index contributed by atoms with van der Waals surface area (Å²) < 4.78 is 0. The number of benzene rings is 2. The van der Waals surface area contributed by atoms with Gasteiger partial charge in [-0.25, -0.2) is 0 Å². The van der Waals surface area contributed by atoms with Gasteiger partial charge in [-0.2, -0.15) is 0 Å². The molecule has 0 spiro atoms. The molecule has 2 heterocycles. The SMILES string of the molecule is CC(C)c1ccccc1NC(=O)C1CC(=O)N(CCc2c[nH]c3ccc(Cl)cc23)C1. The van der Waals surface area contributed by atoms with Crippen LogP contribution in [0.4, 0.5) is 5.69 Å². The Morgan fingerprint density at radius 2 is 2.07 bits per heavy atom. The molecule has 2 aromatic carbocycles. The minimum Gasteiger partial charge on any atom is -0.361 e. The highest BCUT2D eigenvalue weighted by atomic mass is 35.5. The summed E-state index contributed by atoms with van der Waals surface area (Å²) in [6.07, 6.45) is 2.95. The van der Waals surface area contributed by atoms with Gasteiger partial charge in [-0.3, -0.25) is 9.59 Å². The third kappa shape index (κ3) is 4.21. The van der Waals surface area contributed by atoms with Crippen LogP contribution in [0.15, 0.2) is 48.7 Å². The minimum absolute atomic E-state index is 0.0326. The van der Waals surface area contributed by atoms with E-state index in [9.17, 15) is 9.59 Å². The molecule has 6 heteroatoms. The summed E-state index contributed by atoms with van der Waals surface area (Å²) >= 11 is 6.13. The van der Waals surface area contributed by atoms with E-state index in [0.29, 0.717) is 24.0 Å². The van der Waals surface area contributed by atoms with Gasteiger partial charge < -0.3 is 15.2 Å². The molecule has 2 N–H and O–H groups in total. The maximum Gasteiger partial charge on any atom is 0.229 e. The standard InChI is InChI=1S/C24H26ClN3O2/c1-15(2)19-5-3-4-6-22(19)27-24(30)17-11-23(29)28(14-17)10-9-16-13-26-21-8-7-18(25)12-20(16)21/h3-8,12-13,15,17,26H,9-11,14H2,1-2H3,(H,27,30). The average Bonchev–Trinajstić information content (AvgIpc) is 3.29. The fraction of sp³-hybridized carbons (Fsp3) is 0.333. The number of aromatic nitrogens is 1. The van der Waals surface area contributed by atoms with Crippen molar-refractivity contribution in [2.45, 2.75) is 32.6 Å². The molecule has 30 heavy (non-hydrogen) atoms. The summed E-state index contributed by atoms with van der Waals surface area (Å²) in [4.78, 5) is 30.4. The zero-order valence-electron chi connectivity index (χ0n) is 17.2. The van der Waals surface area contributed by atoms with Crippen molar-refractivity contribution in [2.75, 3.05) is 18.4 Å². The molecule has 1 saturated heterocycles. The van der Waals surface area contributed by atoms with E-state index in [1.165, 1.54) is 0 Å². The monoisotopic (exact) mass is 423 g/mol. The predicted molar refractivity (Wildman–Crippen MR) is 121 cm³/mol. The summed E-state index contributed by atoms with van der Waals surface area (Å²) in [5.74, 6) is -0.0639. The molecule has 1 fully saturated rings. The topological polar surface area (TPSA) is 65.2 Å². The Balaban J connectivity index is 1.39. The molecule has 2 amide bonds. The number of aromatic amines is 1. The highest BCUT2D eigenvalue weighted by Gasteiger charge is 2.34. The number of hydrogen-bond acceptors (Lipinski definition) is 2. The lowest BCUT2D eigenvalue weighted by Crippen LogP contribution is -2.30. The van der Waals surface area contributed by atoms with Crippen molar-refractivity contribution in [1.29, 1.82) is 0 Å². The molecule has 1 unspecified atom stereocenters. The van der Waals surface area contributed by atoms with E-state index in [4.69, 9.17) is 11.6 Å². The number of nitrogens with zero attached hydrogens (tertiary/aromatic N) is 1. The first-order chi connectivity index (χ1) is 14.4. The quantitative estimate of drug-likeness (QED) is 0.587. The van der Waals surface area contributed by atoms with Crippen molar-refractivity contribution in [1.82, 2.24) is 9.88 Å².